The third-order valence-electron chi connectivity index (χ3n) is 19.2. The van der Waals surface area contributed by atoms with Crippen LogP contribution in [0.4, 0.5) is 0 Å². The van der Waals surface area contributed by atoms with Crippen LogP contribution in [0.1, 0.15) is 415 Å². The van der Waals surface area contributed by atoms with Crippen molar-refractivity contribution in [1.82, 2.24) is 0 Å². The van der Waals surface area contributed by atoms with Gasteiger partial charge < -0.3 is 33.8 Å². The molecule has 19 heteroatoms. The molecule has 0 heterocycles. The molecule has 0 aliphatic heterocycles. The number of phosphoric ester groups is 2. The smallest absolute Gasteiger partial charge is 0.462 e. The average molecular weight is 1470 g/mol. The molecule has 100 heavy (non-hydrogen) atoms. The van der Waals surface area contributed by atoms with Crippen molar-refractivity contribution in [3.63, 3.8) is 0 Å². The zero-order valence-corrected chi connectivity index (χ0v) is 67.6. The van der Waals surface area contributed by atoms with Gasteiger partial charge in [-0.2, -0.15) is 0 Å². The summed E-state index contributed by atoms with van der Waals surface area (Å²) in [7, 11) is -9.92. The number of aliphatic hydroxyl groups is 1. The highest BCUT2D eigenvalue weighted by Gasteiger charge is 2.30. The van der Waals surface area contributed by atoms with Crippen LogP contribution in [0.25, 0.3) is 0 Å². The van der Waals surface area contributed by atoms with E-state index >= 15 is 0 Å². The highest BCUT2D eigenvalue weighted by Crippen LogP contribution is 2.45. The monoisotopic (exact) mass is 1470 g/mol. The summed E-state index contributed by atoms with van der Waals surface area (Å²) in [5.41, 5.74) is 0. The summed E-state index contributed by atoms with van der Waals surface area (Å²) in [6.45, 7) is 14.2. The van der Waals surface area contributed by atoms with E-state index in [-0.39, 0.29) is 25.7 Å². The van der Waals surface area contributed by atoms with E-state index in [0.717, 1.165) is 114 Å². The van der Waals surface area contributed by atoms with Gasteiger partial charge in [-0.05, 0) is 49.4 Å². The average Bonchev–Trinajstić information content (AvgIpc) is 0.958. The molecular weight excluding hydrogens is 1310 g/mol. The molecule has 0 saturated carbocycles. The van der Waals surface area contributed by atoms with E-state index < -0.39 is 97.5 Å². The lowest BCUT2D eigenvalue weighted by atomic mass is 9.99. The Morgan fingerprint density at radius 2 is 0.480 bits per heavy atom. The molecule has 0 aromatic heterocycles. The van der Waals surface area contributed by atoms with E-state index in [4.69, 9.17) is 37.0 Å². The topological polar surface area (TPSA) is 237 Å². The zero-order chi connectivity index (χ0) is 73.8. The minimum atomic E-state index is -4.96. The van der Waals surface area contributed by atoms with E-state index in [2.05, 4.69) is 55.4 Å². The molecule has 0 aliphatic rings. The van der Waals surface area contributed by atoms with Gasteiger partial charge in [-0.1, -0.05) is 364 Å². The fourth-order valence-electron chi connectivity index (χ4n) is 12.4. The first-order chi connectivity index (χ1) is 48.1. The first-order valence-electron chi connectivity index (χ1n) is 41.7. The van der Waals surface area contributed by atoms with Gasteiger partial charge in [0, 0.05) is 25.7 Å². The van der Waals surface area contributed by atoms with Crippen molar-refractivity contribution in [3.8, 4) is 0 Å². The molecule has 0 aliphatic carbocycles. The first-order valence-corrected chi connectivity index (χ1v) is 44.7. The quantitative estimate of drug-likeness (QED) is 0.0222. The van der Waals surface area contributed by atoms with Gasteiger partial charge in [0.05, 0.1) is 26.4 Å². The van der Waals surface area contributed by atoms with Crippen LogP contribution >= 0.6 is 15.6 Å². The Morgan fingerprint density at radius 3 is 0.710 bits per heavy atom. The molecule has 0 amide bonds. The standard InChI is InChI=1S/C81H158O17P2/c1-9-74(8)60-52-44-35-29-22-18-14-12-10-11-13-15-19-23-30-36-45-53-61-78(83)91-67-76(97-80(85)63-55-47-37-31-24-20-16-17-21-27-33-41-49-57-71(2)3)69-95-99(87,88)93-65-75(82)66-94-100(89,90)96-70-77(68-92-79(84)62-54-46-40-39-43-51-59-73(6)7)98-81(86)64-56-48-38-32-26-25-28-34-42-50-58-72(4)5/h71-77,82H,9-70H2,1-8H3,(H,87,88)(H,89,90)/t74?,75-,76-,77-/m1/s1. The number of unbranched alkanes of at least 4 members (excludes halogenated alkanes) is 43. The summed E-state index contributed by atoms with van der Waals surface area (Å²) in [6, 6.07) is 0. The van der Waals surface area contributed by atoms with Crippen molar-refractivity contribution >= 4 is 39.5 Å². The molecule has 0 aromatic carbocycles. The summed E-state index contributed by atoms with van der Waals surface area (Å²) in [6.07, 6.45) is 57.1. The molecule has 0 bridgehead atoms. The van der Waals surface area contributed by atoms with E-state index in [0.29, 0.717) is 31.6 Å². The largest absolute Gasteiger partial charge is 0.472 e. The second-order valence-corrected chi connectivity index (χ2v) is 33.7. The number of phosphoric acid groups is 2. The van der Waals surface area contributed by atoms with Crippen LogP contribution in [-0.2, 0) is 65.4 Å². The number of hydrogen-bond acceptors (Lipinski definition) is 15. The number of carbonyl (C=O) groups is 4. The van der Waals surface area contributed by atoms with Crippen molar-refractivity contribution in [1.29, 1.82) is 0 Å². The predicted octanol–water partition coefficient (Wildman–Crippen LogP) is 24.0. The Hall–Kier alpha value is -1.94. The van der Waals surface area contributed by atoms with Crippen LogP contribution in [0.3, 0.4) is 0 Å². The highest BCUT2D eigenvalue weighted by molar-refractivity contribution is 7.47. The van der Waals surface area contributed by atoms with Crippen molar-refractivity contribution in [2.24, 2.45) is 23.7 Å². The Labute approximate surface area is 613 Å². The molecule has 6 atom stereocenters. The van der Waals surface area contributed by atoms with Crippen LogP contribution < -0.4 is 0 Å². The summed E-state index contributed by atoms with van der Waals surface area (Å²) in [5.74, 6) is 0.974. The molecule has 17 nitrogen and oxygen atoms in total. The summed E-state index contributed by atoms with van der Waals surface area (Å²) in [4.78, 5) is 72.9. The zero-order valence-electron chi connectivity index (χ0n) is 65.8. The lowest BCUT2D eigenvalue weighted by Gasteiger charge is -2.21. The number of carbonyl (C=O) groups excluding carboxylic acids is 4. The van der Waals surface area contributed by atoms with E-state index in [1.54, 1.807) is 0 Å². The van der Waals surface area contributed by atoms with Crippen LogP contribution in [0.2, 0.25) is 0 Å². The van der Waals surface area contributed by atoms with Crippen LogP contribution in [0.5, 0.6) is 0 Å². The van der Waals surface area contributed by atoms with Gasteiger partial charge >= 0.3 is 39.5 Å². The number of aliphatic hydroxyl groups excluding tert-OH is 1. The SMILES string of the molecule is CCC(C)CCCCCCCCCCCCCCCCCCCCC(=O)OC[C@H](COP(=O)(O)OC[C@@H](O)COP(=O)(O)OC[C@@H](COC(=O)CCCCCCCCC(C)C)OC(=O)CCCCCCCCCCCCC(C)C)OC(=O)CCCCCCCCCCCCCCCC(C)C. The van der Waals surface area contributed by atoms with Crippen LogP contribution in [0.15, 0.2) is 0 Å². The van der Waals surface area contributed by atoms with Gasteiger partial charge in [-0.3, -0.25) is 37.3 Å². The van der Waals surface area contributed by atoms with E-state index in [1.807, 2.05) is 0 Å². The highest BCUT2D eigenvalue weighted by atomic mass is 31.2. The van der Waals surface area contributed by atoms with Gasteiger partial charge in [-0.25, -0.2) is 9.13 Å². The van der Waals surface area contributed by atoms with Gasteiger partial charge in [0.1, 0.15) is 19.3 Å². The molecule has 0 rings (SSSR count). The molecule has 0 spiro atoms. The van der Waals surface area contributed by atoms with Gasteiger partial charge in [0.15, 0.2) is 12.2 Å². The van der Waals surface area contributed by atoms with Crippen molar-refractivity contribution < 1.29 is 80.2 Å². The Bertz CT molecular complexity index is 1960. The molecule has 0 fully saturated rings. The van der Waals surface area contributed by atoms with Crippen molar-refractivity contribution in [3.05, 3.63) is 0 Å². The Morgan fingerprint density at radius 1 is 0.280 bits per heavy atom. The summed E-state index contributed by atoms with van der Waals surface area (Å²) in [5, 5.41) is 10.6. The van der Waals surface area contributed by atoms with E-state index in [9.17, 15) is 43.2 Å². The van der Waals surface area contributed by atoms with Crippen LogP contribution in [0, 0.1) is 23.7 Å². The second kappa shape index (κ2) is 70.1. The van der Waals surface area contributed by atoms with E-state index in [1.165, 1.54) is 212 Å². The minimum absolute atomic E-state index is 0.105. The van der Waals surface area contributed by atoms with Gasteiger partial charge in [-0.15, -0.1) is 0 Å². The van der Waals surface area contributed by atoms with Gasteiger partial charge in [0.25, 0.3) is 0 Å². The Balaban J connectivity index is 5.19. The maximum Gasteiger partial charge on any atom is 0.472 e. The molecule has 0 radical (unpaired) electrons. The maximum atomic E-state index is 13.1. The Kier molecular flexibility index (Phi) is 68.7. The number of hydrogen-bond donors (Lipinski definition) is 3. The molecule has 3 unspecified atom stereocenters. The van der Waals surface area contributed by atoms with Crippen molar-refractivity contribution in [2.75, 3.05) is 39.6 Å². The first kappa shape index (κ1) is 98.1. The van der Waals surface area contributed by atoms with Crippen molar-refractivity contribution in [2.45, 2.75) is 433 Å². The normalized spacial score (nSPS) is 14.3. The predicted molar refractivity (Wildman–Crippen MR) is 409 cm³/mol. The molecule has 3 N–H and O–H groups in total. The number of ether oxygens (including phenoxy) is 4. The lowest BCUT2D eigenvalue weighted by molar-refractivity contribution is -0.161. The summed E-state index contributed by atoms with van der Waals surface area (Å²) < 4.78 is 68.6. The fourth-order valence-corrected chi connectivity index (χ4v) is 14.0. The van der Waals surface area contributed by atoms with Gasteiger partial charge in [0.2, 0.25) is 0 Å². The fraction of sp³-hybridized carbons (Fsp3) is 0.951. The van der Waals surface area contributed by atoms with Crippen LogP contribution in [-0.4, -0.2) is 96.7 Å². The second-order valence-electron chi connectivity index (χ2n) is 30.8. The molecular formula is C81H158O17P2. The molecule has 0 saturated heterocycles. The lowest BCUT2D eigenvalue weighted by Crippen LogP contribution is -2.30. The number of rotatable bonds is 78. The third-order valence-corrected chi connectivity index (χ3v) is 21.1. The maximum absolute atomic E-state index is 13.1. The molecule has 0 aromatic rings. The molecule has 594 valence electrons. The third kappa shape index (κ3) is 73.0. The minimum Gasteiger partial charge on any atom is -0.462 e. The number of esters is 4. The summed E-state index contributed by atoms with van der Waals surface area (Å²) >= 11 is 0.